The monoisotopic (exact) mass is 717 g/mol. The van der Waals surface area contributed by atoms with Crippen molar-refractivity contribution >= 4 is 11.4 Å². The average molecular weight is 718 g/mol. The Labute approximate surface area is 289 Å². The topological polar surface area (TPSA) is 118 Å². The Balaban J connectivity index is 1.31. The minimum Gasteiger partial charge on any atom is -0.457 e. The smallest absolute Gasteiger partial charge is 0.420 e. The Morgan fingerprint density at radius 2 is 0.885 bits per heavy atom. The van der Waals surface area contributed by atoms with Gasteiger partial charge in [-0.2, -0.15) is 26.3 Å². The highest BCUT2D eigenvalue weighted by atomic mass is 19.4. The molecule has 0 bridgehead atoms. The molecule has 0 spiro atoms. The van der Waals surface area contributed by atoms with Crippen molar-refractivity contribution in [1.29, 1.82) is 0 Å². The van der Waals surface area contributed by atoms with E-state index in [4.69, 9.17) is 14.5 Å². The van der Waals surface area contributed by atoms with Gasteiger partial charge in [0.1, 0.15) is 34.1 Å². The van der Waals surface area contributed by atoms with Crippen LogP contribution in [0.5, 0.6) is 23.0 Å². The Hall–Kier alpha value is -6.77. The largest absolute Gasteiger partial charge is 0.457 e. The number of rotatable bonds is 9. The molecule has 0 N–H and O–H groups in total. The summed E-state index contributed by atoms with van der Waals surface area (Å²) in [5, 5.41) is 22.1. The number of alkyl halides is 6. The van der Waals surface area contributed by atoms with Gasteiger partial charge in [0, 0.05) is 35.4 Å². The summed E-state index contributed by atoms with van der Waals surface area (Å²) >= 11 is 0. The van der Waals surface area contributed by atoms with Crippen LogP contribution in [-0.4, -0.2) is 14.8 Å². The van der Waals surface area contributed by atoms with E-state index in [0.29, 0.717) is 34.6 Å². The lowest BCUT2D eigenvalue weighted by Gasteiger charge is -2.15. The molecule has 0 radical (unpaired) electrons. The number of nitro groups is 2. The number of aromatic nitrogens is 1. The van der Waals surface area contributed by atoms with Crippen LogP contribution in [0.3, 0.4) is 0 Å². The number of nitro benzene ring substituents is 2. The normalized spacial score (nSPS) is 11.6. The molecule has 0 atom stereocenters. The highest BCUT2D eigenvalue weighted by Crippen LogP contribution is 2.42. The molecule has 9 nitrogen and oxygen atoms in total. The third-order valence-electron chi connectivity index (χ3n) is 7.65. The van der Waals surface area contributed by atoms with E-state index in [0.717, 1.165) is 35.4 Å². The van der Waals surface area contributed by atoms with Crippen LogP contribution in [0.1, 0.15) is 11.1 Å². The number of hydrogen-bond donors (Lipinski definition) is 0. The van der Waals surface area contributed by atoms with Crippen molar-refractivity contribution in [3.63, 3.8) is 0 Å². The predicted octanol–water partition coefficient (Wildman–Crippen LogP) is 11.5. The molecular weight excluding hydrogens is 696 g/mol. The van der Waals surface area contributed by atoms with E-state index in [-0.39, 0.29) is 11.5 Å². The van der Waals surface area contributed by atoms with Crippen LogP contribution in [0.25, 0.3) is 33.6 Å². The third-order valence-corrected chi connectivity index (χ3v) is 7.65. The van der Waals surface area contributed by atoms with Gasteiger partial charge >= 0.3 is 12.4 Å². The van der Waals surface area contributed by atoms with E-state index in [9.17, 15) is 46.6 Å². The van der Waals surface area contributed by atoms with Crippen molar-refractivity contribution in [3.8, 4) is 56.6 Å². The van der Waals surface area contributed by atoms with Crippen molar-refractivity contribution in [2.45, 2.75) is 12.4 Å². The van der Waals surface area contributed by atoms with Crippen LogP contribution in [0.15, 0.2) is 127 Å². The fourth-order valence-electron chi connectivity index (χ4n) is 5.15. The van der Waals surface area contributed by atoms with Gasteiger partial charge in [-0.3, -0.25) is 20.2 Å². The first-order valence-corrected chi connectivity index (χ1v) is 15.0. The molecule has 0 saturated carbocycles. The first kappa shape index (κ1) is 35.1. The number of hydrogen-bond acceptors (Lipinski definition) is 7. The second-order valence-electron chi connectivity index (χ2n) is 11.1. The lowest BCUT2D eigenvalue weighted by molar-refractivity contribution is -0.385. The van der Waals surface area contributed by atoms with Crippen molar-refractivity contribution in [1.82, 2.24) is 4.98 Å². The summed E-state index contributed by atoms with van der Waals surface area (Å²) in [6.07, 6.45) is -9.83. The van der Waals surface area contributed by atoms with Crippen LogP contribution in [0.2, 0.25) is 0 Å². The summed E-state index contributed by atoms with van der Waals surface area (Å²) in [6, 6.07) is 29.3. The van der Waals surface area contributed by atoms with Gasteiger partial charge in [0.2, 0.25) is 0 Å². The van der Waals surface area contributed by atoms with Crippen LogP contribution in [-0.2, 0) is 12.4 Å². The van der Waals surface area contributed by atoms with E-state index in [2.05, 4.69) is 0 Å². The van der Waals surface area contributed by atoms with Crippen molar-refractivity contribution in [2.75, 3.05) is 0 Å². The molecule has 6 rings (SSSR count). The summed E-state index contributed by atoms with van der Waals surface area (Å²) in [4.78, 5) is 25.0. The van der Waals surface area contributed by atoms with Crippen LogP contribution < -0.4 is 9.47 Å². The number of halogens is 6. The molecule has 0 aliphatic heterocycles. The molecule has 0 aliphatic rings. The average Bonchev–Trinajstić information content (AvgIpc) is 3.11. The summed E-state index contributed by atoms with van der Waals surface area (Å²) in [6.45, 7) is 0. The predicted molar refractivity (Wildman–Crippen MR) is 177 cm³/mol. The zero-order valence-corrected chi connectivity index (χ0v) is 26.2. The zero-order chi connectivity index (χ0) is 37.2. The fraction of sp³-hybridized carbons (Fsp3) is 0.0541. The molecule has 0 aliphatic carbocycles. The molecule has 0 amide bonds. The molecule has 52 heavy (non-hydrogen) atoms. The first-order valence-electron chi connectivity index (χ1n) is 15.0. The van der Waals surface area contributed by atoms with E-state index in [1.54, 1.807) is 36.4 Å². The molecular formula is C37H21F6N3O6. The van der Waals surface area contributed by atoms with Gasteiger partial charge in [-0.05, 0) is 83.9 Å². The molecule has 6 aromatic rings. The van der Waals surface area contributed by atoms with E-state index in [1.165, 1.54) is 24.3 Å². The summed E-state index contributed by atoms with van der Waals surface area (Å²) in [5.41, 5.74) is -0.450. The maximum Gasteiger partial charge on any atom is 0.420 e. The minimum absolute atomic E-state index is 0.0276. The van der Waals surface area contributed by atoms with Gasteiger partial charge in [-0.25, -0.2) is 4.98 Å². The fourth-order valence-corrected chi connectivity index (χ4v) is 5.15. The highest BCUT2D eigenvalue weighted by molar-refractivity contribution is 5.77. The van der Waals surface area contributed by atoms with Gasteiger partial charge in [-0.1, -0.05) is 30.3 Å². The number of benzene rings is 5. The maximum atomic E-state index is 13.7. The van der Waals surface area contributed by atoms with Gasteiger partial charge in [0.15, 0.2) is 0 Å². The Morgan fingerprint density at radius 3 is 1.25 bits per heavy atom. The van der Waals surface area contributed by atoms with Crippen LogP contribution >= 0.6 is 0 Å². The van der Waals surface area contributed by atoms with Crippen LogP contribution in [0.4, 0.5) is 37.7 Å². The second kappa shape index (κ2) is 13.9. The molecule has 262 valence electrons. The van der Waals surface area contributed by atoms with Crippen molar-refractivity contribution < 1.29 is 45.7 Å². The minimum atomic E-state index is -4.92. The number of non-ortho nitro benzene ring substituents is 2. The lowest BCUT2D eigenvalue weighted by Crippen LogP contribution is -2.08. The zero-order valence-electron chi connectivity index (χ0n) is 26.2. The van der Waals surface area contributed by atoms with Gasteiger partial charge in [-0.15, -0.1) is 0 Å². The molecule has 1 heterocycles. The Bertz CT molecular complexity index is 2140. The second-order valence-corrected chi connectivity index (χ2v) is 11.1. The van der Waals surface area contributed by atoms with E-state index < -0.39 is 56.2 Å². The molecule has 1 aromatic heterocycles. The van der Waals surface area contributed by atoms with Crippen molar-refractivity contribution in [2.24, 2.45) is 0 Å². The summed E-state index contributed by atoms with van der Waals surface area (Å²) in [5.74, 6) is -1.18. The molecule has 0 unspecified atom stereocenters. The lowest BCUT2D eigenvalue weighted by atomic mass is 10.00. The number of nitrogens with zero attached hydrogens (tertiary/aromatic N) is 3. The number of ether oxygens (including phenoxy) is 2. The van der Waals surface area contributed by atoms with Gasteiger partial charge in [0.25, 0.3) is 11.4 Å². The maximum absolute atomic E-state index is 13.7. The molecule has 15 heteroatoms. The van der Waals surface area contributed by atoms with Gasteiger partial charge < -0.3 is 9.47 Å². The standard InChI is InChI=1S/C37H21F6N3O6/c38-36(39,40)30-20-26(45(47)48)10-16-34(30)51-28-12-6-23(7-13-28)32-18-25(22-4-2-1-3-5-22)19-33(44-32)24-8-14-29(15-9-24)52-35-17-11-27(46(49)50)21-31(35)37(41,42)43/h1-21H. The Morgan fingerprint density at radius 1 is 0.481 bits per heavy atom. The van der Waals surface area contributed by atoms with Crippen LogP contribution in [0, 0.1) is 20.2 Å². The molecule has 5 aromatic carbocycles. The first-order chi connectivity index (χ1) is 24.7. The molecule has 0 saturated heterocycles. The Kier molecular flexibility index (Phi) is 9.35. The summed E-state index contributed by atoms with van der Waals surface area (Å²) < 4.78 is 93.0. The van der Waals surface area contributed by atoms with Gasteiger partial charge in [0.05, 0.1) is 21.2 Å². The molecule has 0 fully saturated rings. The number of pyridine rings is 1. The quantitative estimate of drug-likeness (QED) is 0.0830. The summed E-state index contributed by atoms with van der Waals surface area (Å²) in [7, 11) is 0. The third kappa shape index (κ3) is 7.83. The van der Waals surface area contributed by atoms with E-state index >= 15 is 0 Å². The van der Waals surface area contributed by atoms with Crippen molar-refractivity contribution in [3.05, 3.63) is 159 Å². The SMILES string of the molecule is O=[N+]([O-])c1ccc(Oc2ccc(-c3cc(-c4ccccc4)cc(-c4ccc(Oc5ccc([N+](=O)[O-])cc5C(F)(F)F)cc4)n3)cc2)c(C(F)(F)F)c1. The van der Waals surface area contributed by atoms with E-state index in [1.807, 2.05) is 30.3 Å². The highest BCUT2D eigenvalue weighted by Gasteiger charge is 2.37.